The van der Waals surface area contributed by atoms with Crippen molar-refractivity contribution in [1.29, 1.82) is 0 Å². The first-order valence-electron chi connectivity index (χ1n) is 3.74. The molecular weight excluding hydrogens is 253 g/mol. The molecule has 1 heterocycles. The van der Waals surface area contributed by atoms with Gasteiger partial charge in [0.25, 0.3) is 0 Å². The minimum Gasteiger partial charge on any atom is -0.398 e. The number of alkyl halides is 1. The molecule has 0 unspecified atom stereocenters. The number of anilines is 1. The van der Waals surface area contributed by atoms with E-state index in [0.29, 0.717) is 16.4 Å². The molecule has 1 aromatic heterocycles. The summed E-state index contributed by atoms with van der Waals surface area (Å²) in [5, 5.41) is 3.20. The Morgan fingerprint density at radius 1 is 1.54 bits per heavy atom. The zero-order valence-corrected chi connectivity index (χ0v) is 9.08. The van der Waals surface area contributed by atoms with Crippen LogP contribution in [-0.2, 0) is 5.33 Å². The zero-order chi connectivity index (χ0) is 9.42. The second-order valence-electron chi connectivity index (χ2n) is 2.72. The molecule has 0 aliphatic heterocycles. The zero-order valence-electron chi connectivity index (χ0n) is 6.68. The van der Waals surface area contributed by atoms with Gasteiger partial charge in [-0.05, 0) is 17.5 Å². The van der Waals surface area contributed by atoms with Gasteiger partial charge in [0.15, 0.2) is 0 Å². The van der Waals surface area contributed by atoms with E-state index in [4.69, 9.17) is 5.73 Å². The molecule has 68 valence electrons. The minimum absolute atomic E-state index is 0.238. The van der Waals surface area contributed by atoms with Crippen LogP contribution in [-0.4, -0.2) is 0 Å². The number of halogens is 2. The van der Waals surface area contributed by atoms with Crippen LogP contribution in [0, 0.1) is 5.82 Å². The van der Waals surface area contributed by atoms with Crippen molar-refractivity contribution in [3.8, 4) is 0 Å². The summed E-state index contributed by atoms with van der Waals surface area (Å²) in [5.41, 5.74) is 7.19. The monoisotopic (exact) mass is 259 g/mol. The van der Waals surface area contributed by atoms with Gasteiger partial charge in [0, 0.05) is 26.7 Å². The van der Waals surface area contributed by atoms with Crippen LogP contribution < -0.4 is 5.73 Å². The van der Waals surface area contributed by atoms with E-state index in [9.17, 15) is 4.39 Å². The summed E-state index contributed by atoms with van der Waals surface area (Å²) in [7, 11) is 0. The molecule has 0 saturated carbocycles. The summed E-state index contributed by atoms with van der Waals surface area (Å²) in [6, 6.07) is 3.16. The predicted molar refractivity (Wildman–Crippen MR) is 58.8 cm³/mol. The Balaban J connectivity index is 2.88. The molecule has 0 aliphatic carbocycles. The number of benzene rings is 1. The van der Waals surface area contributed by atoms with Crippen LogP contribution in [0.15, 0.2) is 17.5 Å². The van der Waals surface area contributed by atoms with E-state index in [1.165, 1.54) is 17.4 Å². The van der Waals surface area contributed by atoms with Crippen molar-refractivity contribution >= 4 is 43.0 Å². The SMILES string of the molecule is Nc1cc(F)c2ccsc2c1CBr. The first-order chi connectivity index (χ1) is 6.24. The quantitative estimate of drug-likeness (QED) is 0.616. The standard InChI is InChI=1S/C9H7BrFNS/c10-4-6-8(12)3-7(11)5-1-2-13-9(5)6/h1-3H,4,12H2. The average Bonchev–Trinajstić information content (AvgIpc) is 2.53. The third-order valence-electron chi connectivity index (χ3n) is 1.96. The van der Waals surface area contributed by atoms with Crippen molar-refractivity contribution in [2.45, 2.75) is 5.33 Å². The minimum atomic E-state index is -0.238. The molecule has 0 aliphatic rings. The van der Waals surface area contributed by atoms with Crippen molar-refractivity contribution in [1.82, 2.24) is 0 Å². The Hall–Kier alpha value is -0.610. The number of nitrogens with two attached hydrogens (primary N) is 1. The lowest BCUT2D eigenvalue weighted by Gasteiger charge is -2.03. The van der Waals surface area contributed by atoms with E-state index in [0.717, 1.165) is 10.3 Å². The number of fused-ring (bicyclic) bond motifs is 1. The van der Waals surface area contributed by atoms with E-state index in [-0.39, 0.29) is 5.82 Å². The van der Waals surface area contributed by atoms with Crippen LogP contribution in [0.3, 0.4) is 0 Å². The van der Waals surface area contributed by atoms with Crippen molar-refractivity contribution in [3.05, 3.63) is 28.9 Å². The molecule has 1 nitrogen and oxygen atoms in total. The topological polar surface area (TPSA) is 26.0 Å². The van der Waals surface area contributed by atoms with Gasteiger partial charge >= 0.3 is 0 Å². The van der Waals surface area contributed by atoms with E-state index < -0.39 is 0 Å². The lowest BCUT2D eigenvalue weighted by atomic mass is 10.1. The van der Waals surface area contributed by atoms with Crippen molar-refractivity contribution in [3.63, 3.8) is 0 Å². The molecule has 2 N–H and O–H groups in total. The van der Waals surface area contributed by atoms with Gasteiger partial charge in [0.05, 0.1) is 0 Å². The summed E-state index contributed by atoms with van der Waals surface area (Å²) in [4.78, 5) is 0. The summed E-state index contributed by atoms with van der Waals surface area (Å²) >= 11 is 4.86. The van der Waals surface area contributed by atoms with Gasteiger partial charge in [0.1, 0.15) is 5.82 Å². The first-order valence-corrected chi connectivity index (χ1v) is 5.74. The van der Waals surface area contributed by atoms with E-state index in [1.807, 2.05) is 5.38 Å². The maximum absolute atomic E-state index is 13.3. The highest BCUT2D eigenvalue weighted by Crippen LogP contribution is 2.32. The molecule has 0 atom stereocenters. The van der Waals surface area contributed by atoms with Crippen LogP contribution in [0.5, 0.6) is 0 Å². The smallest absolute Gasteiger partial charge is 0.133 e. The van der Waals surface area contributed by atoms with Crippen LogP contribution in [0.25, 0.3) is 10.1 Å². The summed E-state index contributed by atoms with van der Waals surface area (Å²) in [6.45, 7) is 0. The second kappa shape index (κ2) is 3.27. The number of nitrogen functional groups attached to an aromatic ring is 1. The fraction of sp³-hybridized carbons (Fsp3) is 0.111. The van der Waals surface area contributed by atoms with Crippen molar-refractivity contribution in [2.24, 2.45) is 0 Å². The maximum atomic E-state index is 13.3. The molecule has 1 aromatic carbocycles. The highest BCUT2D eigenvalue weighted by Gasteiger charge is 2.09. The lowest BCUT2D eigenvalue weighted by Crippen LogP contribution is -1.93. The largest absolute Gasteiger partial charge is 0.398 e. The van der Waals surface area contributed by atoms with Gasteiger partial charge in [-0.15, -0.1) is 11.3 Å². The number of hydrogen-bond donors (Lipinski definition) is 1. The number of hydrogen-bond acceptors (Lipinski definition) is 2. The van der Waals surface area contributed by atoms with Crippen LogP contribution >= 0.6 is 27.3 Å². The maximum Gasteiger partial charge on any atom is 0.133 e. The molecule has 0 spiro atoms. The fourth-order valence-electron chi connectivity index (χ4n) is 1.30. The van der Waals surface area contributed by atoms with Crippen LogP contribution in [0.2, 0.25) is 0 Å². The molecule has 0 amide bonds. The molecule has 0 bridgehead atoms. The summed E-state index contributed by atoms with van der Waals surface area (Å²) < 4.78 is 14.2. The van der Waals surface area contributed by atoms with Crippen LogP contribution in [0.4, 0.5) is 10.1 Å². The Morgan fingerprint density at radius 2 is 2.31 bits per heavy atom. The van der Waals surface area contributed by atoms with Gasteiger partial charge < -0.3 is 5.73 Å². The van der Waals surface area contributed by atoms with Crippen molar-refractivity contribution in [2.75, 3.05) is 5.73 Å². The van der Waals surface area contributed by atoms with Gasteiger partial charge in [-0.2, -0.15) is 0 Å². The molecule has 2 aromatic rings. The third-order valence-corrected chi connectivity index (χ3v) is 3.50. The first kappa shape index (κ1) is 8.97. The Bertz CT molecular complexity index is 452. The molecule has 0 radical (unpaired) electrons. The Kier molecular flexibility index (Phi) is 2.26. The van der Waals surface area contributed by atoms with E-state index >= 15 is 0 Å². The third kappa shape index (κ3) is 1.34. The molecule has 4 heteroatoms. The van der Waals surface area contributed by atoms with E-state index in [1.54, 1.807) is 6.07 Å². The predicted octanol–water partition coefficient (Wildman–Crippen LogP) is 3.52. The normalized spacial score (nSPS) is 10.9. The van der Waals surface area contributed by atoms with Crippen LogP contribution in [0.1, 0.15) is 5.56 Å². The number of thiophene rings is 1. The molecule has 0 fully saturated rings. The summed E-state index contributed by atoms with van der Waals surface area (Å²) in [6.07, 6.45) is 0. The van der Waals surface area contributed by atoms with E-state index in [2.05, 4.69) is 15.9 Å². The molecule has 2 rings (SSSR count). The lowest BCUT2D eigenvalue weighted by molar-refractivity contribution is 0.640. The number of rotatable bonds is 1. The molecule has 0 saturated heterocycles. The van der Waals surface area contributed by atoms with Crippen molar-refractivity contribution < 1.29 is 4.39 Å². The highest BCUT2D eigenvalue weighted by atomic mass is 79.9. The van der Waals surface area contributed by atoms with Gasteiger partial charge in [0.2, 0.25) is 0 Å². The molecular formula is C9H7BrFNS. The summed E-state index contributed by atoms with van der Waals surface area (Å²) in [5.74, 6) is -0.238. The second-order valence-corrected chi connectivity index (χ2v) is 4.20. The average molecular weight is 260 g/mol. The van der Waals surface area contributed by atoms with Gasteiger partial charge in [-0.25, -0.2) is 4.39 Å². The van der Waals surface area contributed by atoms with Gasteiger partial charge in [-0.3, -0.25) is 0 Å². The van der Waals surface area contributed by atoms with Gasteiger partial charge in [-0.1, -0.05) is 15.9 Å². The highest BCUT2D eigenvalue weighted by molar-refractivity contribution is 9.08. The Morgan fingerprint density at radius 3 is 3.00 bits per heavy atom. The molecule has 13 heavy (non-hydrogen) atoms. The Labute approximate surface area is 87.5 Å². The fourth-order valence-corrected chi connectivity index (χ4v) is 3.06.